The second-order valence-corrected chi connectivity index (χ2v) is 4.26. The molecule has 2 aromatic rings. The quantitative estimate of drug-likeness (QED) is 0.836. The average molecular weight is 274 g/mol. The molecule has 0 aliphatic rings. The van der Waals surface area contributed by atoms with E-state index in [2.05, 4.69) is 10.6 Å². The Balaban J connectivity index is 2.52. The van der Waals surface area contributed by atoms with Crippen LogP contribution in [0.5, 0.6) is 0 Å². The molecule has 20 heavy (non-hydrogen) atoms. The number of rotatable bonds is 4. The summed E-state index contributed by atoms with van der Waals surface area (Å²) in [6.07, 6.45) is 0. The number of benzene rings is 2. The van der Waals surface area contributed by atoms with Gasteiger partial charge >= 0.3 is 0 Å². The van der Waals surface area contributed by atoms with Crippen LogP contribution in [0.15, 0.2) is 48.5 Å². The Hall–Kier alpha value is -2.36. The molecule has 0 heterocycles. The second kappa shape index (κ2) is 6.19. The second-order valence-electron chi connectivity index (χ2n) is 4.26. The molecule has 0 atom stereocenters. The van der Waals surface area contributed by atoms with E-state index >= 15 is 0 Å². The van der Waals surface area contributed by atoms with E-state index in [0.29, 0.717) is 0 Å². The summed E-state index contributed by atoms with van der Waals surface area (Å²) >= 11 is 0. The molecule has 104 valence electrons. The topological polar surface area (TPSA) is 24.1 Å². The highest BCUT2D eigenvalue weighted by atomic mass is 19.1. The van der Waals surface area contributed by atoms with E-state index in [0.717, 1.165) is 22.5 Å². The minimum absolute atomic E-state index is 0.281. The summed E-state index contributed by atoms with van der Waals surface area (Å²) in [5, 5.41) is 6.21. The third-order valence-electron chi connectivity index (χ3n) is 3.02. The number of halogens is 2. The molecule has 0 fully saturated rings. The van der Waals surface area contributed by atoms with Gasteiger partial charge in [0.1, 0.15) is 11.6 Å². The fourth-order valence-electron chi connectivity index (χ4n) is 2.06. The molecule has 0 saturated heterocycles. The monoisotopic (exact) mass is 274 g/mol. The molecule has 0 bridgehead atoms. The third-order valence-corrected chi connectivity index (χ3v) is 3.02. The van der Waals surface area contributed by atoms with Crippen LogP contribution in [0.3, 0.4) is 0 Å². The molecule has 0 saturated carbocycles. The smallest absolute Gasteiger partial charge is 0.123 e. The Bertz CT molecular complexity index is 546. The summed E-state index contributed by atoms with van der Waals surface area (Å²) < 4.78 is 26.0. The summed E-state index contributed by atoms with van der Waals surface area (Å²) in [6, 6.07) is 12.4. The van der Waals surface area contributed by atoms with Crippen LogP contribution in [0.2, 0.25) is 0 Å². The van der Waals surface area contributed by atoms with Gasteiger partial charge in [-0.15, -0.1) is 0 Å². The highest BCUT2D eigenvalue weighted by Crippen LogP contribution is 2.22. The van der Waals surface area contributed by atoms with Gasteiger partial charge in [-0.2, -0.15) is 0 Å². The van der Waals surface area contributed by atoms with Crippen molar-refractivity contribution >= 4 is 11.4 Å². The average Bonchev–Trinajstić information content (AvgIpc) is 2.47. The van der Waals surface area contributed by atoms with Crippen molar-refractivity contribution in [2.24, 2.45) is 0 Å². The number of hydrogen-bond acceptors (Lipinski definition) is 2. The first-order chi connectivity index (χ1) is 9.65. The van der Waals surface area contributed by atoms with Gasteiger partial charge in [0.2, 0.25) is 0 Å². The zero-order valence-electron chi connectivity index (χ0n) is 11.4. The lowest BCUT2D eigenvalue weighted by atomic mass is 10.0. The van der Waals surface area contributed by atoms with Crippen molar-refractivity contribution in [3.05, 3.63) is 71.3 Å². The fraction of sp³-hybridized carbons (Fsp3) is 0.125. The molecule has 0 aliphatic heterocycles. The van der Waals surface area contributed by atoms with Gasteiger partial charge in [-0.3, -0.25) is 0 Å². The summed E-state index contributed by atoms with van der Waals surface area (Å²) in [7, 11) is 3.58. The van der Waals surface area contributed by atoms with Crippen molar-refractivity contribution in [3.8, 4) is 0 Å². The van der Waals surface area contributed by atoms with Crippen LogP contribution in [0.25, 0.3) is 11.4 Å². The van der Waals surface area contributed by atoms with Crippen LogP contribution in [0.1, 0.15) is 11.1 Å². The van der Waals surface area contributed by atoms with Gasteiger partial charge in [-0.25, -0.2) is 8.78 Å². The zero-order valence-corrected chi connectivity index (χ0v) is 11.4. The predicted octanol–water partition coefficient (Wildman–Crippen LogP) is 3.23. The lowest BCUT2D eigenvalue weighted by Gasteiger charge is -2.16. The maximum atomic E-state index is 13.0. The first-order valence-corrected chi connectivity index (χ1v) is 6.27. The van der Waals surface area contributed by atoms with E-state index in [9.17, 15) is 8.78 Å². The first-order valence-electron chi connectivity index (χ1n) is 6.27. The third kappa shape index (κ3) is 2.96. The van der Waals surface area contributed by atoms with Crippen LogP contribution in [-0.2, 0) is 0 Å². The van der Waals surface area contributed by atoms with Crippen LogP contribution < -0.4 is 10.6 Å². The molecule has 0 aliphatic carbocycles. The Labute approximate surface area is 117 Å². The molecular formula is C16H16F2N2. The van der Waals surface area contributed by atoms with Crippen LogP contribution in [0, 0.1) is 11.6 Å². The van der Waals surface area contributed by atoms with Crippen molar-refractivity contribution in [1.82, 2.24) is 10.6 Å². The van der Waals surface area contributed by atoms with Crippen LogP contribution in [-0.4, -0.2) is 14.1 Å². The predicted molar refractivity (Wildman–Crippen MR) is 77.7 cm³/mol. The highest BCUT2D eigenvalue weighted by molar-refractivity contribution is 5.88. The molecule has 0 spiro atoms. The van der Waals surface area contributed by atoms with Crippen molar-refractivity contribution in [1.29, 1.82) is 0 Å². The number of hydrogen-bond donors (Lipinski definition) is 2. The van der Waals surface area contributed by atoms with Crippen molar-refractivity contribution in [2.75, 3.05) is 14.1 Å². The van der Waals surface area contributed by atoms with E-state index in [1.165, 1.54) is 24.3 Å². The van der Waals surface area contributed by atoms with Crippen molar-refractivity contribution in [2.45, 2.75) is 0 Å². The molecule has 0 radical (unpaired) electrons. The van der Waals surface area contributed by atoms with Crippen LogP contribution >= 0.6 is 0 Å². The van der Waals surface area contributed by atoms with Gasteiger partial charge in [-0.05, 0) is 59.7 Å². The summed E-state index contributed by atoms with van der Waals surface area (Å²) in [5.41, 5.74) is 3.34. The van der Waals surface area contributed by atoms with E-state index in [1.54, 1.807) is 38.4 Å². The van der Waals surface area contributed by atoms with Gasteiger partial charge in [0, 0.05) is 14.1 Å². The standard InChI is InChI=1S/C16H16F2N2/c1-19-15(11-3-7-13(17)8-4-11)16(20-2)12-5-9-14(18)10-6-12/h3-10,19-20H,1-2H3/b16-15+. The van der Waals surface area contributed by atoms with E-state index < -0.39 is 0 Å². The van der Waals surface area contributed by atoms with Gasteiger partial charge in [0.15, 0.2) is 0 Å². The Morgan fingerprint density at radius 2 is 0.950 bits per heavy atom. The Morgan fingerprint density at radius 1 is 0.650 bits per heavy atom. The number of nitrogens with one attached hydrogen (secondary N) is 2. The van der Waals surface area contributed by atoms with E-state index in [4.69, 9.17) is 0 Å². The van der Waals surface area contributed by atoms with E-state index in [-0.39, 0.29) is 11.6 Å². The maximum absolute atomic E-state index is 13.0. The summed E-state index contributed by atoms with van der Waals surface area (Å²) in [4.78, 5) is 0. The SMILES string of the molecule is CN/C(=C(/NC)c1ccc(F)cc1)c1ccc(F)cc1. The fourth-order valence-corrected chi connectivity index (χ4v) is 2.06. The lowest BCUT2D eigenvalue weighted by Crippen LogP contribution is -2.15. The lowest BCUT2D eigenvalue weighted by molar-refractivity contribution is 0.627. The molecule has 0 unspecified atom stereocenters. The molecule has 2 N–H and O–H groups in total. The minimum Gasteiger partial charge on any atom is -0.386 e. The van der Waals surface area contributed by atoms with Gasteiger partial charge < -0.3 is 10.6 Å². The van der Waals surface area contributed by atoms with E-state index in [1.807, 2.05) is 0 Å². The molecule has 2 rings (SSSR count). The highest BCUT2D eigenvalue weighted by Gasteiger charge is 2.09. The molecule has 2 nitrogen and oxygen atoms in total. The first kappa shape index (κ1) is 14.1. The Morgan fingerprint density at radius 3 is 1.20 bits per heavy atom. The van der Waals surface area contributed by atoms with Gasteiger partial charge in [0.25, 0.3) is 0 Å². The minimum atomic E-state index is -0.281. The molecule has 4 heteroatoms. The normalized spacial score (nSPS) is 11.8. The largest absolute Gasteiger partial charge is 0.386 e. The summed E-state index contributed by atoms with van der Waals surface area (Å²) in [5.74, 6) is -0.561. The summed E-state index contributed by atoms with van der Waals surface area (Å²) in [6.45, 7) is 0. The van der Waals surface area contributed by atoms with Gasteiger partial charge in [-0.1, -0.05) is 0 Å². The van der Waals surface area contributed by atoms with Crippen molar-refractivity contribution < 1.29 is 8.78 Å². The zero-order chi connectivity index (χ0) is 14.5. The molecule has 0 amide bonds. The maximum Gasteiger partial charge on any atom is 0.123 e. The molecular weight excluding hydrogens is 258 g/mol. The molecule has 2 aromatic carbocycles. The van der Waals surface area contributed by atoms with Crippen LogP contribution in [0.4, 0.5) is 8.78 Å². The van der Waals surface area contributed by atoms with Crippen molar-refractivity contribution in [3.63, 3.8) is 0 Å². The van der Waals surface area contributed by atoms with Gasteiger partial charge in [0.05, 0.1) is 11.4 Å². The molecule has 0 aromatic heterocycles. The Kier molecular flexibility index (Phi) is 4.35.